The van der Waals surface area contributed by atoms with Gasteiger partial charge < -0.3 is 10.0 Å². The van der Waals surface area contributed by atoms with Crippen LogP contribution in [0.25, 0.3) is 10.4 Å². The molecule has 1 aliphatic rings. The Hall–Kier alpha value is -1.26. The first kappa shape index (κ1) is 11.8. The molecule has 1 amide bonds. The molecule has 6 heteroatoms. The number of hydrogen-bond acceptors (Lipinski definition) is 3. The summed E-state index contributed by atoms with van der Waals surface area (Å²) in [7, 11) is 0. The summed E-state index contributed by atoms with van der Waals surface area (Å²) in [4.78, 5) is 15.9. The van der Waals surface area contributed by atoms with E-state index in [4.69, 9.17) is 10.6 Å². The molecule has 0 saturated carbocycles. The van der Waals surface area contributed by atoms with E-state index in [9.17, 15) is 4.79 Å². The fourth-order valence-corrected chi connectivity index (χ4v) is 1.76. The highest BCUT2D eigenvalue weighted by Crippen LogP contribution is 2.18. The van der Waals surface area contributed by atoms with Gasteiger partial charge in [0.1, 0.15) is 0 Å². The molecule has 15 heavy (non-hydrogen) atoms. The zero-order valence-corrected chi connectivity index (χ0v) is 8.67. The van der Waals surface area contributed by atoms with Gasteiger partial charge in [0.15, 0.2) is 0 Å². The maximum atomic E-state index is 11.5. The van der Waals surface area contributed by atoms with Crippen molar-refractivity contribution in [3.05, 3.63) is 10.4 Å². The molecule has 0 radical (unpaired) electrons. The minimum Gasteiger partial charge on any atom is -0.396 e. The molecule has 0 spiro atoms. The molecule has 1 N–H and O–H groups in total. The Morgan fingerprint density at radius 3 is 3.07 bits per heavy atom. The van der Waals surface area contributed by atoms with Crippen LogP contribution in [0.3, 0.4) is 0 Å². The van der Waals surface area contributed by atoms with Gasteiger partial charge in [-0.1, -0.05) is 5.11 Å². The molecule has 6 nitrogen and oxygen atoms in total. The standard InChI is InChI=1S/C9H16N4O2/c10-12-11-6-8-5-9(15)13(7-8)3-1-2-4-14/h8,14H,1-7H2. The first-order valence-electron chi connectivity index (χ1n) is 5.17. The second-order valence-corrected chi connectivity index (χ2v) is 3.75. The smallest absolute Gasteiger partial charge is 0.222 e. The molecule has 1 heterocycles. The fourth-order valence-electron chi connectivity index (χ4n) is 1.76. The van der Waals surface area contributed by atoms with Gasteiger partial charge in [-0.05, 0) is 24.3 Å². The number of amides is 1. The van der Waals surface area contributed by atoms with E-state index >= 15 is 0 Å². The van der Waals surface area contributed by atoms with Crippen molar-refractivity contribution in [2.45, 2.75) is 19.3 Å². The summed E-state index contributed by atoms with van der Waals surface area (Å²) in [5.41, 5.74) is 8.16. The lowest BCUT2D eigenvalue weighted by Gasteiger charge is -2.15. The normalized spacial score (nSPS) is 20.5. The van der Waals surface area contributed by atoms with Gasteiger partial charge in [-0.2, -0.15) is 0 Å². The molecule has 1 unspecified atom stereocenters. The average Bonchev–Trinajstić information content (AvgIpc) is 2.57. The van der Waals surface area contributed by atoms with Gasteiger partial charge in [0.05, 0.1) is 0 Å². The number of carbonyl (C=O) groups excluding carboxylic acids is 1. The first-order chi connectivity index (χ1) is 7.27. The van der Waals surface area contributed by atoms with Crippen LogP contribution in [0, 0.1) is 5.92 Å². The SMILES string of the molecule is [N-]=[N+]=NCC1CC(=O)N(CCCCO)C1. The number of likely N-dealkylation sites (tertiary alicyclic amines) is 1. The van der Waals surface area contributed by atoms with Gasteiger partial charge in [0, 0.05) is 37.6 Å². The topological polar surface area (TPSA) is 89.3 Å². The van der Waals surface area contributed by atoms with Crippen LogP contribution in [-0.4, -0.2) is 42.2 Å². The Kier molecular flexibility index (Phi) is 4.93. The second-order valence-electron chi connectivity index (χ2n) is 3.75. The minimum absolute atomic E-state index is 0.131. The van der Waals surface area contributed by atoms with Crippen LogP contribution >= 0.6 is 0 Å². The summed E-state index contributed by atoms with van der Waals surface area (Å²) in [6.45, 7) is 1.96. The molecule has 84 valence electrons. The average molecular weight is 212 g/mol. The maximum Gasteiger partial charge on any atom is 0.222 e. The van der Waals surface area contributed by atoms with E-state index in [0.717, 1.165) is 12.8 Å². The zero-order valence-electron chi connectivity index (χ0n) is 8.67. The molecular weight excluding hydrogens is 196 g/mol. The molecular formula is C9H16N4O2. The maximum absolute atomic E-state index is 11.5. The third kappa shape index (κ3) is 3.77. The third-order valence-corrected chi connectivity index (χ3v) is 2.53. The van der Waals surface area contributed by atoms with E-state index in [1.807, 2.05) is 0 Å². The Labute approximate surface area is 88.5 Å². The summed E-state index contributed by atoms with van der Waals surface area (Å²) in [5, 5.41) is 12.1. The van der Waals surface area contributed by atoms with Gasteiger partial charge >= 0.3 is 0 Å². The fraction of sp³-hybridized carbons (Fsp3) is 0.889. The van der Waals surface area contributed by atoms with E-state index in [2.05, 4.69) is 10.0 Å². The molecule has 0 aliphatic carbocycles. The van der Waals surface area contributed by atoms with Gasteiger partial charge in [-0.25, -0.2) is 0 Å². The number of carbonyl (C=O) groups is 1. The summed E-state index contributed by atoms with van der Waals surface area (Å²) >= 11 is 0. The van der Waals surface area contributed by atoms with Crippen LogP contribution in [0.15, 0.2) is 5.11 Å². The van der Waals surface area contributed by atoms with Crippen LogP contribution < -0.4 is 0 Å². The summed E-state index contributed by atoms with van der Waals surface area (Å²) in [6, 6.07) is 0. The predicted octanol–water partition coefficient (Wildman–Crippen LogP) is 0.918. The minimum atomic E-state index is 0.131. The molecule has 1 fully saturated rings. The van der Waals surface area contributed by atoms with Gasteiger partial charge in [0.25, 0.3) is 0 Å². The van der Waals surface area contributed by atoms with Crippen LogP contribution in [-0.2, 0) is 4.79 Å². The largest absolute Gasteiger partial charge is 0.396 e. The number of unbranched alkanes of at least 4 members (excludes halogenated alkanes) is 1. The Balaban J connectivity index is 2.29. The number of hydrogen-bond donors (Lipinski definition) is 1. The molecule has 1 saturated heterocycles. The molecule has 0 aromatic carbocycles. The Morgan fingerprint density at radius 1 is 1.60 bits per heavy atom. The van der Waals surface area contributed by atoms with E-state index in [0.29, 0.717) is 26.1 Å². The molecule has 1 aliphatic heterocycles. The van der Waals surface area contributed by atoms with Crippen LogP contribution in [0.1, 0.15) is 19.3 Å². The molecule has 1 atom stereocenters. The first-order valence-corrected chi connectivity index (χ1v) is 5.17. The number of aliphatic hydroxyl groups excluding tert-OH is 1. The highest BCUT2D eigenvalue weighted by Gasteiger charge is 2.28. The van der Waals surface area contributed by atoms with Crippen molar-refractivity contribution in [3.8, 4) is 0 Å². The molecule has 0 aromatic heterocycles. The summed E-state index contributed by atoms with van der Waals surface area (Å²) in [6.07, 6.45) is 2.04. The number of aliphatic hydroxyl groups is 1. The van der Waals surface area contributed by atoms with Crippen LogP contribution in [0.4, 0.5) is 0 Å². The highest BCUT2D eigenvalue weighted by atomic mass is 16.3. The number of nitrogens with zero attached hydrogens (tertiary/aromatic N) is 4. The zero-order chi connectivity index (χ0) is 11.1. The quantitative estimate of drug-likeness (QED) is 0.307. The van der Waals surface area contributed by atoms with Gasteiger partial charge in [-0.3, -0.25) is 4.79 Å². The Morgan fingerprint density at radius 2 is 2.40 bits per heavy atom. The van der Waals surface area contributed by atoms with Gasteiger partial charge in [-0.15, -0.1) is 0 Å². The van der Waals surface area contributed by atoms with E-state index in [-0.39, 0.29) is 18.4 Å². The summed E-state index contributed by atoms with van der Waals surface area (Å²) in [5.74, 6) is 0.300. The lowest BCUT2D eigenvalue weighted by Crippen LogP contribution is -2.26. The van der Waals surface area contributed by atoms with Crippen molar-refractivity contribution in [2.75, 3.05) is 26.2 Å². The Bertz CT molecular complexity index is 263. The van der Waals surface area contributed by atoms with Crippen LogP contribution in [0.2, 0.25) is 0 Å². The van der Waals surface area contributed by atoms with Crippen LogP contribution in [0.5, 0.6) is 0 Å². The number of rotatable bonds is 6. The van der Waals surface area contributed by atoms with Crippen molar-refractivity contribution in [2.24, 2.45) is 11.0 Å². The molecule has 0 bridgehead atoms. The van der Waals surface area contributed by atoms with Crippen molar-refractivity contribution in [1.82, 2.24) is 4.90 Å². The number of azide groups is 1. The predicted molar refractivity (Wildman–Crippen MR) is 55.0 cm³/mol. The van der Waals surface area contributed by atoms with Gasteiger partial charge in [0.2, 0.25) is 5.91 Å². The monoisotopic (exact) mass is 212 g/mol. The van der Waals surface area contributed by atoms with E-state index < -0.39 is 0 Å². The van der Waals surface area contributed by atoms with E-state index in [1.54, 1.807) is 4.90 Å². The van der Waals surface area contributed by atoms with Crippen molar-refractivity contribution in [3.63, 3.8) is 0 Å². The third-order valence-electron chi connectivity index (χ3n) is 2.53. The van der Waals surface area contributed by atoms with Crippen molar-refractivity contribution in [1.29, 1.82) is 0 Å². The lowest BCUT2D eigenvalue weighted by molar-refractivity contribution is -0.127. The van der Waals surface area contributed by atoms with E-state index in [1.165, 1.54) is 0 Å². The van der Waals surface area contributed by atoms with Crippen molar-refractivity contribution >= 4 is 5.91 Å². The van der Waals surface area contributed by atoms with Crippen molar-refractivity contribution < 1.29 is 9.90 Å². The molecule has 0 aromatic rings. The highest BCUT2D eigenvalue weighted by molar-refractivity contribution is 5.78. The second kappa shape index (κ2) is 6.27. The molecule has 1 rings (SSSR count). The lowest BCUT2D eigenvalue weighted by atomic mass is 10.1. The summed E-state index contributed by atoms with van der Waals surface area (Å²) < 4.78 is 0.